The van der Waals surface area contributed by atoms with Crippen LogP contribution in [0.4, 0.5) is 15.9 Å². The van der Waals surface area contributed by atoms with Gasteiger partial charge in [0.2, 0.25) is 5.91 Å². The third-order valence-corrected chi connectivity index (χ3v) is 7.15. The Bertz CT molecular complexity index is 1320. The first-order valence-corrected chi connectivity index (χ1v) is 11.7. The number of hydrogen-bond donors (Lipinski definition) is 3. The molecule has 7 nitrogen and oxygen atoms in total. The van der Waals surface area contributed by atoms with Gasteiger partial charge in [0.1, 0.15) is 5.82 Å². The van der Waals surface area contributed by atoms with Crippen LogP contribution in [0.1, 0.15) is 18.4 Å². The number of rotatable bonds is 3. The Morgan fingerprint density at radius 3 is 2.71 bits per heavy atom. The Hall–Kier alpha value is -3.33. The molecule has 0 spiro atoms. The van der Waals surface area contributed by atoms with Crippen LogP contribution in [0.15, 0.2) is 48.4 Å². The van der Waals surface area contributed by atoms with E-state index in [0.29, 0.717) is 40.6 Å². The molecule has 9 heteroatoms. The van der Waals surface area contributed by atoms with E-state index < -0.39 is 15.5 Å². The highest BCUT2D eigenvalue weighted by atomic mass is 32.2. The second-order valence-electron chi connectivity index (χ2n) is 7.64. The van der Waals surface area contributed by atoms with Gasteiger partial charge in [0.15, 0.2) is 5.82 Å². The topological polar surface area (TPSA) is 122 Å². The summed E-state index contributed by atoms with van der Waals surface area (Å²) in [6.45, 7) is 1.87. The second-order valence-corrected chi connectivity index (χ2v) is 10.1. The van der Waals surface area contributed by atoms with Gasteiger partial charge in [0, 0.05) is 62.4 Å². The van der Waals surface area contributed by atoms with Gasteiger partial charge in [0.25, 0.3) is 0 Å². The molecule has 1 amide bonds. The van der Waals surface area contributed by atoms with Gasteiger partial charge in [-0.3, -0.25) is 14.6 Å². The first-order chi connectivity index (χ1) is 14.7. The molecule has 0 aliphatic carbocycles. The monoisotopic (exact) mass is 439 g/mol. The van der Waals surface area contributed by atoms with Crippen molar-refractivity contribution >= 4 is 37.9 Å². The summed E-state index contributed by atoms with van der Waals surface area (Å²) in [5, 5.41) is 3.81. The lowest BCUT2D eigenvalue weighted by molar-refractivity contribution is -0.112. The van der Waals surface area contributed by atoms with E-state index in [4.69, 9.17) is 10.5 Å². The standard InChI is InChI=1S/C22H22FN5O2S/c1-13-2-5-26-11-17(13)16-9-15-10-19(27-12-18(15)22(24)21(16)23)28-20(29)8-14-3-6-31(25,30)7-4-14/h2,5,8-12,25H,3-4,6-7,24H2,1H3,(H,27,28,29). The van der Waals surface area contributed by atoms with E-state index in [2.05, 4.69) is 15.3 Å². The first-order valence-electron chi connectivity index (χ1n) is 9.77. The molecule has 4 rings (SSSR count). The molecule has 2 aromatic heterocycles. The number of carbonyl (C=O) groups is 1. The minimum Gasteiger partial charge on any atom is -0.396 e. The van der Waals surface area contributed by atoms with Crippen LogP contribution >= 0.6 is 0 Å². The molecule has 0 saturated carbocycles. The third-order valence-electron chi connectivity index (χ3n) is 5.42. The number of fused-ring (bicyclic) bond motifs is 1. The van der Waals surface area contributed by atoms with Gasteiger partial charge in [-0.2, -0.15) is 0 Å². The van der Waals surface area contributed by atoms with Gasteiger partial charge in [-0.15, -0.1) is 0 Å². The second kappa shape index (κ2) is 8.07. The largest absolute Gasteiger partial charge is 0.396 e. The summed E-state index contributed by atoms with van der Waals surface area (Å²) in [5.74, 6) is -0.00757. The fourth-order valence-electron chi connectivity index (χ4n) is 3.62. The number of hydrogen-bond acceptors (Lipinski definition) is 6. The van der Waals surface area contributed by atoms with Crippen molar-refractivity contribution in [1.82, 2.24) is 9.97 Å². The summed E-state index contributed by atoms with van der Waals surface area (Å²) < 4.78 is 34.3. The number of nitrogen functional groups attached to an aromatic ring is 1. The maximum absolute atomic E-state index is 14.9. The van der Waals surface area contributed by atoms with Crippen molar-refractivity contribution < 1.29 is 13.4 Å². The Morgan fingerprint density at radius 2 is 2.00 bits per heavy atom. The van der Waals surface area contributed by atoms with Crippen molar-refractivity contribution in [2.75, 3.05) is 22.6 Å². The molecule has 1 aliphatic rings. The number of aromatic nitrogens is 2. The van der Waals surface area contributed by atoms with Crippen LogP contribution in [-0.4, -0.2) is 31.6 Å². The number of carbonyl (C=O) groups excluding carboxylic acids is 1. The van der Waals surface area contributed by atoms with Gasteiger partial charge in [0.05, 0.1) is 5.69 Å². The quantitative estimate of drug-likeness (QED) is 0.420. The highest BCUT2D eigenvalue weighted by Crippen LogP contribution is 2.34. The van der Waals surface area contributed by atoms with Crippen LogP contribution in [0.3, 0.4) is 0 Å². The molecule has 3 aromatic rings. The van der Waals surface area contributed by atoms with Crippen LogP contribution in [-0.2, 0) is 14.5 Å². The average molecular weight is 440 g/mol. The molecule has 3 heterocycles. The average Bonchev–Trinajstić information content (AvgIpc) is 2.73. The van der Waals surface area contributed by atoms with Gasteiger partial charge < -0.3 is 11.1 Å². The van der Waals surface area contributed by atoms with Gasteiger partial charge in [-0.25, -0.2) is 13.6 Å². The molecule has 31 heavy (non-hydrogen) atoms. The number of amides is 1. The smallest absolute Gasteiger partial charge is 0.249 e. The minimum absolute atomic E-state index is 0.00977. The summed E-state index contributed by atoms with van der Waals surface area (Å²) in [7, 11) is -2.50. The molecule has 0 atom stereocenters. The van der Waals surface area contributed by atoms with Crippen LogP contribution in [0.5, 0.6) is 0 Å². The first kappa shape index (κ1) is 20.9. The van der Waals surface area contributed by atoms with E-state index >= 15 is 0 Å². The third kappa shape index (κ3) is 4.41. The predicted molar refractivity (Wildman–Crippen MR) is 121 cm³/mol. The molecule has 1 fully saturated rings. The molecule has 160 valence electrons. The highest BCUT2D eigenvalue weighted by molar-refractivity contribution is 7.92. The van der Waals surface area contributed by atoms with E-state index in [9.17, 15) is 13.4 Å². The van der Waals surface area contributed by atoms with Crippen LogP contribution in [0, 0.1) is 17.5 Å². The highest BCUT2D eigenvalue weighted by Gasteiger charge is 2.18. The Kier molecular flexibility index (Phi) is 5.45. The Balaban J connectivity index is 1.64. The lowest BCUT2D eigenvalue weighted by Crippen LogP contribution is -2.18. The van der Waals surface area contributed by atoms with Gasteiger partial charge >= 0.3 is 0 Å². The lowest BCUT2D eigenvalue weighted by Gasteiger charge is -2.16. The fraction of sp³-hybridized carbons (Fsp3) is 0.227. The van der Waals surface area contributed by atoms with Crippen molar-refractivity contribution in [1.29, 1.82) is 4.78 Å². The van der Waals surface area contributed by atoms with Crippen LogP contribution in [0.2, 0.25) is 0 Å². The van der Waals surface area contributed by atoms with Crippen molar-refractivity contribution in [2.45, 2.75) is 19.8 Å². The van der Waals surface area contributed by atoms with Gasteiger partial charge in [-0.1, -0.05) is 5.57 Å². The molecule has 0 unspecified atom stereocenters. The number of anilines is 2. The van der Waals surface area contributed by atoms with E-state index in [-0.39, 0.29) is 23.1 Å². The van der Waals surface area contributed by atoms with Crippen LogP contribution < -0.4 is 11.1 Å². The molecule has 1 saturated heterocycles. The van der Waals surface area contributed by atoms with Crippen LogP contribution in [0.25, 0.3) is 21.9 Å². The number of nitrogens with one attached hydrogen (secondary N) is 2. The lowest BCUT2D eigenvalue weighted by atomic mass is 9.98. The number of nitrogens with two attached hydrogens (primary N) is 1. The molecule has 0 radical (unpaired) electrons. The number of nitrogens with zero attached hydrogens (tertiary/aromatic N) is 2. The normalized spacial score (nSPS) is 18.7. The van der Waals surface area contributed by atoms with Crippen molar-refractivity contribution in [2.24, 2.45) is 0 Å². The zero-order valence-corrected chi connectivity index (χ0v) is 17.8. The Morgan fingerprint density at radius 1 is 1.26 bits per heavy atom. The summed E-state index contributed by atoms with van der Waals surface area (Å²) >= 11 is 0. The maximum Gasteiger partial charge on any atom is 0.249 e. The zero-order valence-electron chi connectivity index (χ0n) is 16.9. The number of benzene rings is 1. The predicted octanol–water partition coefficient (Wildman–Crippen LogP) is 4.03. The Labute approximate surface area is 179 Å². The summed E-state index contributed by atoms with van der Waals surface area (Å²) in [5.41, 5.74) is 8.73. The van der Waals surface area contributed by atoms with E-state index in [1.165, 1.54) is 12.3 Å². The van der Waals surface area contributed by atoms with E-state index in [1.54, 1.807) is 30.6 Å². The summed E-state index contributed by atoms with van der Waals surface area (Å²) in [6.07, 6.45) is 7.10. The number of halogens is 1. The summed E-state index contributed by atoms with van der Waals surface area (Å²) in [6, 6.07) is 5.12. The molecule has 1 aliphatic heterocycles. The zero-order chi connectivity index (χ0) is 22.2. The number of pyridine rings is 2. The molecule has 1 aromatic carbocycles. The molecule has 4 N–H and O–H groups in total. The van der Waals surface area contributed by atoms with Gasteiger partial charge in [-0.05, 0) is 48.9 Å². The van der Waals surface area contributed by atoms with E-state index in [1.807, 2.05) is 6.92 Å². The molecular weight excluding hydrogens is 417 g/mol. The summed E-state index contributed by atoms with van der Waals surface area (Å²) in [4.78, 5) is 20.7. The van der Waals surface area contributed by atoms with E-state index in [0.717, 1.165) is 11.1 Å². The number of allylic oxidation sites excluding steroid dienone is 1. The van der Waals surface area contributed by atoms with Crippen molar-refractivity contribution in [3.8, 4) is 11.1 Å². The van der Waals surface area contributed by atoms with Crippen molar-refractivity contribution in [3.05, 3.63) is 59.8 Å². The molecular formula is C22H22FN5O2S. The SMILES string of the molecule is Cc1ccncc1-c1cc2cc(NC(=O)C=C3CCS(=N)(=O)CC3)ncc2c(N)c1F. The number of aryl methyl sites for hydroxylation is 1. The van der Waals surface area contributed by atoms with Crippen molar-refractivity contribution in [3.63, 3.8) is 0 Å². The molecule has 0 bridgehead atoms. The minimum atomic E-state index is -2.50. The fourth-order valence-corrected chi connectivity index (χ4v) is 5.01. The maximum atomic E-state index is 14.9.